The van der Waals surface area contributed by atoms with Gasteiger partial charge in [0.1, 0.15) is 0 Å². The van der Waals surface area contributed by atoms with Crippen LogP contribution in [0.15, 0.2) is 54.6 Å². The fraction of sp³-hybridized carbons (Fsp3) is 0.391. The Kier molecular flexibility index (Phi) is 6.82. The third-order valence-corrected chi connectivity index (χ3v) is 5.45. The first-order valence-electron chi connectivity index (χ1n) is 10.0. The molecule has 1 aliphatic heterocycles. The third-order valence-electron chi connectivity index (χ3n) is 5.45. The van der Waals surface area contributed by atoms with Crippen LogP contribution in [-0.2, 0) is 17.8 Å². The maximum absolute atomic E-state index is 12.7. The second-order valence-electron chi connectivity index (χ2n) is 7.26. The Morgan fingerprint density at radius 2 is 1.57 bits per heavy atom. The van der Waals surface area contributed by atoms with Crippen molar-refractivity contribution in [2.45, 2.75) is 32.9 Å². The Balaban J connectivity index is 1.48. The van der Waals surface area contributed by atoms with E-state index < -0.39 is 0 Å². The zero-order chi connectivity index (χ0) is 19.9. The van der Waals surface area contributed by atoms with Crippen molar-refractivity contribution >= 4 is 11.8 Å². The van der Waals surface area contributed by atoms with Crippen molar-refractivity contribution in [3.63, 3.8) is 0 Å². The number of rotatable bonds is 6. The van der Waals surface area contributed by atoms with E-state index >= 15 is 0 Å². The molecule has 1 saturated heterocycles. The van der Waals surface area contributed by atoms with Crippen LogP contribution in [0.25, 0.3) is 0 Å². The Morgan fingerprint density at radius 1 is 0.929 bits per heavy atom. The molecule has 28 heavy (non-hydrogen) atoms. The van der Waals surface area contributed by atoms with Crippen molar-refractivity contribution < 1.29 is 9.59 Å². The Labute approximate surface area is 167 Å². The number of carbonyl (C=O) groups is 2. The second-order valence-corrected chi connectivity index (χ2v) is 7.26. The molecule has 2 aromatic rings. The number of benzene rings is 2. The van der Waals surface area contributed by atoms with E-state index in [9.17, 15) is 9.59 Å². The molecule has 1 aliphatic rings. The maximum Gasteiger partial charge on any atom is 0.253 e. The van der Waals surface area contributed by atoms with Gasteiger partial charge in [0, 0.05) is 38.3 Å². The van der Waals surface area contributed by atoms with Gasteiger partial charge in [-0.05, 0) is 36.6 Å². The molecular formula is C23H29N3O2. The summed E-state index contributed by atoms with van der Waals surface area (Å²) in [6, 6.07) is 17.6. The van der Waals surface area contributed by atoms with Gasteiger partial charge in [-0.3, -0.25) is 14.5 Å². The molecule has 2 amide bonds. The minimum absolute atomic E-state index is 0.0267. The summed E-state index contributed by atoms with van der Waals surface area (Å²) in [5.41, 5.74) is 3.06. The highest BCUT2D eigenvalue weighted by atomic mass is 16.2. The first kappa shape index (κ1) is 20.1. The second kappa shape index (κ2) is 9.51. The van der Waals surface area contributed by atoms with Crippen LogP contribution < -0.4 is 5.32 Å². The van der Waals surface area contributed by atoms with Gasteiger partial charge >= 0.3 is 0 Å². The van der Waals surface area contributed by atoms with Crippen LogP contribution in [0.1, 0.15) is 35.3 Å². The quantitative estimate of drug-likeness (QED) is 0.840. The number of aryl methyl sites for hydroxylation is 1. The molecule has 0 spiro atoms. The van der Waals surface area contributed by atoms with E-state index in [0.29, 0.717) is 32.7 Å². The van der Waals surface area contributed by atoms with Crippen molar-refractivity contribution in [2.24, 2.45) is 0 Å². The zero-order valence-electron chi connectivity index (χ0n) is 16.7. The van der Waals surface area contributed by atoms with Gasteiger partial charge in [0.15, 0.2) is 0 Å². The standard InChI is InChI=1S/C23H29N3O2/c1-3-19-9-11-21(12-10-19)23(28)26-15-13-25(14-16-26)18(2)22(27)24-17-20-7-5-4-6-8-20/h4-12,18H,3,13-17H2,1-2H3,(H,24,27). The molecule has 1 fully saturated rings. The van der Waals surface area contributed by atoms with Crippen LogP contribution >= 0.6 is 0 Å². The predicted octanol–water partition coefficient (Wildman–Crippen LogP) is 2.71. The average Bonchev–Trinajstić information content (AvgIpc) is 2.77. The first-order chi connectivity index (χ1) is 13.6. The summed E-state index contributed by atoms with van der Waals surface area (Å²) in [4.78, 5) is 29.2. The predicted molar refractivity (Wildman–Crippen MR) is 111 cm³/mol. The lowest BCUT2D eigenvalue weighted by Crippen LogP contribution is -2.54. The van der Waals surface area contributed by atoms with Crippen LogP contribution in [0.3, 0.4) is 0 Å². The molecule has 2 aromatic carbocycles. The lowest BCUT2D eigenvalue weighted by molar-refractivity contribution is -0.126. The largest absolute Gasteiger partial charge is 0.351 e. The molecule has 5 heteroatoms. The zero-order valence-corrected chi connectivity index (χ0v) is 16.7. The summed E-state index contributed by atoms with van der Waals surface area (Å²) < 4.78 is 0. The van der Waals surface area contributed by atoms with Gasteiger partial charge in [-0.2, -0.15) is 0 Å². The Hall–Kier alpha value is -2.66. The number of piperazine rings is 1. The lowest BCUT2D eigenvalue weighted by Gasteiger charge is -2.37. The first-order valence-corrected chi connectivity index (χ1v) is 10.0. The van der Waals surface area contributed by atoms with Crippen molar-refractivity contribution in [3.8, 4) is 0 Å². The van der Waals surface area contributed by atoms with Crippen molar-refractivity contribution in [2.75, 3.05) is 26.2 Å². The number of hydrogen-bond acceptors (Lipinski definition) is 3. The smallest absolute Gasteiger partial charge is 0.253 e. The number of nitrogens with one attached hydrogen (secondary N) is 1. The van der Waals surface area contributed by atoms with Gasteiger partial charge in [-0.1, -0.05) is 49.4 Å². The third kappa shape index (κ3) is 4.98. The van der Waals surface area contributed by atoms with Crippen molar-refractivity contribution in [1.82, 2.24) is 15.1 Å². The number of amides is 2. The minimum Gasteiger partial charge on any atom is -0.351 e. The van der Waals surface area contributed by atoms with Crippen LogP contribution in [-0.4, -0.2) is 53.8 Å². The topological polar surface area (TPSA) is 52.7 Å². The highest BCUT2D eigenvalue weighted by Gasteiger charge is 2.27. The van der Waals surface area contributed by atoms with E-state index in [1.165, 1.54) is 5.56 Å². The maximum atomic E-state index is 12.7. The molecule has 1 N–H and O–H groups in total. The van der Waals surface area contributed by atoms with Gasteiger partial charge in [0.05, 0.1) is 6.04 Å². The van der Waals surface area contributed by atoms with Crippen LogP contribution in [0.4, 0.5) is 0 Å². The molecule has 5 nitrogen and oxygen atoms in total. The minimum atomic E-state index is -0.204. The summed E-state index contributed by atoms with van der Waals surface area (Å²) in [5, 5.41) is 3.01. The molecule has 0 aromatic heterocycles. The van der Waals surface area contributed by atoms with E-state index in [1.807, 2.05) is 66.4 Å². The fourth-order valence-corrected chi connectivity index (χ4v) is 3.48. The molecule has 0 radical (unpaired) electrons. The molecule has 1 atom stereocenters. The van der Waals surface area contributed by atoms with E-state index in [1.54, 1.807) is 0 Å². The molecule has 1 heterocycles. The molecule has 0 saturated carbocycles. The Morgan fingerprint density at radius 3 is 2.18 bits per heavy atom. The van der Waals surface area contributed by atoms with E-state index in [-0.39, 0.29) is 17.9 Å². The van der Waals surface area contributed by atoms with Crippen molar-refractivity contribution in [1.29, 1.82) is 0 Å². The average molecular weight is 380 g/mol. The van der Waals surface area contributed by atoms with E-state index in [2.05, 4.69) is 17.1 Å². The highest BCUT2D eigenvalue weighted by Crippen LogP contribution is 2.12. The number of nitrogens with zero attached hydrogens (tertiary/aromatic N) is 2. The van der Waals surface area contributed by atoms with Gasteiger partial charge in [0.25, 0.3) is 5.91 Å². The SMILES string of the molecule is CCc1ccc(C(=O)N2CCN(C(C)C(=O)NCc3ccccc3)CC2)cc1. The number of carbonyl (C=O) groups excluding carboxylic acids is 2. The summed E-state index contributed by atoms with van der Waals surface area (Å²) >= 11 is 0. The van der Waals surface area contributed by atoms with E-state index in [0.717, 1.165) is 17.5 Å². The monoisotopic (exact) mass is 379 g/mol. The fourth-order valence-electron chi connectivity index (χ4n) is 3.48. The number of hydrogen-bond donors (Lipinski definition) is 1. The van der Waals surface area contributed by atoms with Gasteiger partial charge in [0.2, 0.25) is 5.91 Å². The van der Waals surface area contributed by atoms with Gasteiger partial charge < -0.3 is 10.2 Å². The summed E-state index contributed by atoms with van der Waals surface area (Å²) in [5.74, 6) is 0.0993. The molecule has 0 aliphatic carbocycles. The van der Waals surface area contributed by atoms with Gasteiger partial charge in [-0.15, -0.1) is 0 Å². The summed E-state index contributed by atoms with van der Waals surface area (Å²) in [6.45, 7) is 7.28. The van der Waals surface area contributed by atoms with Crippen LogP contribution in [0, 0.1) is 0 Å². The molecular weight excluding hydrogens is 350 g/mol. The lowest BCUT2D eigenvalue weighted by atomic mass is 10.1. The normalized spacial score (nSPS) is 15.9. The van der Waals surface area contributed by atoms with Crippen molar-refractivity contribution in [3.05, 3.63) is 71.3 Å². The van der Waals surface area contributed by atoms with E-state index in [4.69, 9.17) is 0 Å². The summed E-state index contributed by atoms with van der Waals surface area (Å²) in [6.07, 6.45) is 0.970. The molecule has 3 rings (SSSR count). The molecule has 0 bridgehead atoms. The molecule has 1 unspecified atom stereocenters. The highest BCUT2D eigenvalue weighted by molar-refractivity contribution is 5.94. The van der Waals surface area contributed by atoms with Crippen LogP contribution in [0.5, 0.6) is 0 Å². The van der Waals surface area contributed by atoms with Crippen LogP contribution in [0.2, 0.25) is 0 Å². The Bertz CT molecular complexity index is 781. The van der Waals surface area contributed by atoms with Gasteiger partial charge in [-0.25, -0.2) is 0 Å². The summed E-state index contributed by atoms with van der Waals surface area (Å²) in [7, 11) is 0. The molecule has 148 valence electrons.